The van der Waals surface area contributed by atoms with Crippen LogP contribution in [0.2, 0.25) is 10.0 Å². The second-order valence-electron chi connectivity index (χ2n) is 7.05. The Labute approximate surface area is 162 Å². The molecule has 0 aliphatic carbocycles. The lowest BCUT2D eigenvalue weighted by atomic mass is 9.70. The molecule has 3 nitrogen and oxygen atoms in total. The average molecular weight is 394 g/mol. The molecule has 0 saturated carbocycles. The summed E-state index contributed by atoms with van der Waals surface area (Å²) in [4.78, 5) is 8.68. The Balaban J connectivity index is 1.70. The lowest BCUT2D eigenvalue weighted by Crippen LogP contribution is -2.49. The van der Waals surface area contributed by atoms with Gasteiger partial charge in [0.15, 0.2) is 0 Å². The summed E-state index contributed by atoms with van der Waals surface area (Å²) in [5, 5.41) is 6.92. The molecular formula is C19H21Cl2N3S. The lowest BCUT2D eigenvalue weighted by molar-refractivity contribution is 0.178. The van der Waals surface area contributed by atoms with E-state index in [2.05, 4.69) is 34.8 Å². The summed E-state index contributed by atoms with van der Waals surface area (Å²) < 4.78 is 0. The minimum absolute atomic E-state index is 0.0773. The van der Waals surface area contributed by atoms with Crippen LogP contribution in [0, 0.1) is 5.41 Å². The monoisotopic (exact) mass is 393 g/mol. The summed E-state index contributed by atoms with van der Waals surface area (Å²) >= 11 is 14.3. The van der Waals surface area contributed by atoms with Crippen LogP contribution in [-0.2, 0) is 13.0 Å². The molecule has 1 fully saturated rings. The molecule has 4 rings (SSSR count). The molecule has 1 aromatic heterocycles. The second kappa shape index (κ2) is 6.92. The van der Waals surface area contributed by atoms with E-state index in [1.165, 1.54) is 10.4 Å². The van der Waals surface area contributed by atoms with E-state index < -0.39 is 0 Å². The number of hydrogen-bond acceptors (Lipinski definition) is 3. The number of aliphatic imine (C=N–C) groups is 1. The fourth-order valence-corrected chi connectivity index (χ4v) is 4.76. The van der Waals surface area contributed by atoms with Crippen LogP contribution in [-0.4, -0.2) is 30.9 Å². The summed E-state index contributed by atoms with van der Waals surface area (Å²) in [6.07, 6.45) is 3.20. The fraction of sp³-hybridized carbons (Fsp3) is 0.421. The van der Waals surface area contributed by atoms with Crippen molar-refractivity contribution in [3.63, 3.8) is 0 Å². The van der Waals surface area contributed by atoms with E-state index in [-0.39, 0.29) is 5.41 Å². The maximum absolute atomic E-state index is 6.26. The van der Waals surface area contributed by atoms with E-state index in [1.54, 1.807) is 11.3 Å². The van der Waals surface area contributed by atoms with E-state index in [4.69, 9.17) is 28.2 Å². The van der Waals surface area contributed by atoms with E-state index in [0.29, 0.717) is 10.0 Å². The number of rotatable bonds is 2. The molecule has 3 heterocycles. The number of amidine groups is 1. The highest BCUT2D eigenvalue weighted by atomic mass is 35.5. The van der Waals surface area contributed by atoms with Crippen molar-refractivity contribution in [2.75, 3.05) is 25.5 Å². The van der Waals surface area contributed by atoms with Gasteiger partial charge in [0.1, 0.15) is 5.84 Å². The predicted molar refractivity (Wildman–Crippen MR) is 108 cm³/mol. The zero-order chi connectivity index (χ0) is 17.4. The number of likely N-dealkylation sites (tertiary alicyclic amines) is 1. The molecule has 0 unspecified atom stereocenters. The molecule has 2 aliphatic rings. The fourth-order valence-electron chi connectivity index (χ4n) is 3.79. The van der Waals surface area contributed by atoms with Crippen LogP contribution in [0.4, 0.5) is 5.69 Å². The van der Waals surface area contributed by atoms with Crippen LogP contribution < -0.4 is 5.32 Å². The summed E-state index contributed by atoms with van der Waals surface area (Å²) in [7, 11) is 2.19. The highest BCUT2D eigenvalue weighted by Crippen LogP contribution is 2.44. The smallest absolute Gasteiger partial charge is 0.108 e. The second-order valence-corrected chi connectivity index (χ2v) is 8.90. The Morgan fingerprint density at radius 2 is 2.00 bits per heavy atom. The Morgan fingerprint density at radius 3 is 2.72 bits per heavy atom. The quantitative estimate of drug-likeness (QED) is 0.745. The molecule has 0 bridgehead atoms. The molecular weight excluding hydrogens is 373 g/mol. The Kier molecular flexibility index (Phi) is 4.80. The van der Waals surface area contributed by atoms with E-state index in [0.717, 1.165) is 50.4 Å². The minimum Gasteiger partial charge on any atom is -0.343 e. The summed E-state index contributed by atoms with van der Waals surface area (Å²) in [6.45, 7) is 2.92. The van der Waals surface area contributed by atoms with Crippen LogP contribution >= 0.6 is 34.5 Å². The largest absolute Gasteiger partial charge is 0.343 e. The van der Waals surface area contributed by atoms with Gasteiger partial charge in [-0.15, -0.1) is 11.3 Å². The molecule has 1 spiro atoms. The lowest BCUT2D eigenvalue weighted by Gasteiger charge is -2.45. The number of fused-ring (bicyclic) bond motifs is 1. The van der Waals surface area contributed by atoms with Crippen LogP contribution in [0.15, 0.2) is 34.6 Å². The van der Waals surface area contributed by atoms with Crippen LogP contribution in [0.3, 0.4) is 0 Å². The van der Waals surface area contributed by atoms with Crippen molar-refractivity contribution >= 4 is 46.1 Å². The first-order valence-corrected chi connectivity index (χ1v) is 10.2. The van der Waals surface area contributed by atoms with Crippen molar-refractivity contribution in [2.45, 2.75) is 25.8 Å². The number of thiophene rings is 1. The first-order valence-electron chi connectivity index (χ1n) is 8.57. The third-order valence-corrected chi connectivity index (χ3v) is 6.93. The third-order valence-electron chi connectivity index (χ3n) is 5.35. The zero-order valence-electron chi connectivity index (χ0n) is 14.2. The van der Waals surface area contributed by atoms with E-state index in [9.17, 15) is 0 Å². The average Bonchev–Trinajstić information content (AvgIpc) is 3.11. The van der Waals surface area contributed by atoms with Gasteiger partial charge in [-0.2, -0.15) is 0 Å². The highest BCUT2D eigenvalue weighted by Gasteiger charge is 2.42. The molecule has 132 valence electrons. The predicted octanol–water partition coefficient (Wildman–Crippen LogP) is 5.33. The number of hydrogen-bond donors (Lipinski definition) is 1. The van der Waals surface area contributed by atoms with Crippen molar-refractivity contribution in [2.24, 2.45) is 10.4 Å². The van der Waals surface area contributed by atoms with Crippen molar-refractivity contribution in [3.05, 3.63) is 50.1 Å². The molecule has 0 amide bonds. The summed E-state index contributed by atoms with van der Waals surface area (Å²) in [5.74, 6) is 1.11. The molecule has 2 aliphatic heterocycles. The molecule has 2 aromatic rings. The highest BCUT2D eigenvalue weighted by molar-refractivity contribution is 7.09. The zero-order valence-corrected chi connectivity index (χ0v) is 16.5. The number of anilines is 1. The van der Waals surface area contributed by atoms with Gasteiger partial charge >= 0.3 is 0 Å². The van der Waals surface area contributed by atoms with Gasteiger partial charge in [0.05, 0.1) is 16.6 Å². The van der Waals surface area contributed by atoms with Gasteiger partial charge in [0.25, 0.3) is 0 Å². The number of benzene rings is 1. The maximum atomic E-state index is 6.26. The number of nitrogens with one attached hydrogen (secondary N) is 1. The van der Waals surface area contributed by atoms with Crippen molar-refractivity contribution in [3.8, 4) is 0 Å². The Bertz CT molecular complexity index is 793. The molecule has 1 saturated heterocycles. The SMILES string of the molecule is CN1CCC2(CC1)Cc1cc(Cl)c(Cl)cc1NC2=NCc1cccs1. The van der Waals surface area contributed by atoms with Gasteiger partial charge in [0.2, 0.25) is 0 Å². The number of nitrogens with zero attached hydrogens (tertiary/aromatic N) is 2. The van der Waals surface area contributed by atoms with Crippen molar-refractivity contribution in [1.29, 1.82) is 0 Å². The molecule has 1 N–H and O–H groups in total. The summed E-state index contributed by atoms with van der Waals surface area (Å²) in [5.41, 5.74) is 2.37. The van der Waals surface area contributed by atoms with Crippen LogP contribution in [0.1, 0.15) is 23.3 Å². The van der Waals surface area contributed by atoms with Gasteiger partial charge in [-0.05, 0) is 68.5 Å². The molecule has 1 aromatic carbocycles. The van der Waals surface area contributed by atoms with Gasteiger partial charge in [0, 0.05) is 16.0 Å². The molecule has 0 radical (unpaired) electrons. The van der Waals surface area contributed by atoms with Gasteiger partial charge in [-0.3, -0.25) is 4.99 Å². The Morgan fingerprint density at radius 1 is 1.24 bits per heavy atom. The van der Waals surface area contributed by atoms with Gasteiger partial charge in [-0.25, -0.2) is 0 Å². The minimum atomic E-state index is 0.0773. The molecule has 25 heavy (non-hydrogen) atoms. The van der Waals surface area contributed by atoms with Crippen molar-refractivity contribution < 1.29 is 0 Å². The number of piperidine rings is 1. The first-order chi connectivity index (χ1) is 12.1. The van der Waals surface area contributed by atoms with E-state index >= 15 is 0 Å². The van der Waals surface area contributed by atoms with Crippen LogP contribution in [0.5, 0.6) is 0 Å². The first kappa shape index (κ1) is 17.3. The molecule has 0 atom stereocenters. The van der Waals surface area contributed by atoms with Gasteiger partial charge in [-0.1, -0.05) is 29.3 Å². The molecule has 6 heteroatoms. The number of halogens is 2. The van der Waals surface area contributed by atoms with Crippen LogP contribution in [0.25, 0.3) is 0 Å². The van der Waals surface area contributed by atoms with Crippen molar-refractivity contribution in [1.82, 2.24) is 4.90 Å². The standard InChI is InChI=1S/C19H21Cl2N3S/c1-24-6-4-19(5-7-24)11-13-9-15(20)16(21)10-17(13)23-18(19)22-12-14-3-2-8-25-14/h2-3,8-10H,4-7,11-12H2,1H3,(H,22,23). The maximum Gasteiger partial charge on any atom is 0.108 e. The topological polar surface area (TPSA) is 27.6 Å². The van der Waals surface area contributed by atoms with Gasteiger partial charge < -0.3 is 10.2 Å². The summed E-state index contributed by atoms with van der Waals surface area (Å²) in [6, 6.07) is 8.17. The van der Waals surface area contributed by atoms with E-state index in [1.807, 2.05) is 12.1 Å². The Hall–Kier alpha value is -1.07. The normalized spacial score (nSPS) is 21.3. The third kappa shape index (κ3) is 3.45.